The second-order valence-corrected chi connectivity index (χ2v) is 5.55. The first kappa shape index (κ1) is 16.7. The molecule has 2 aromatic heterocycles. The van der Waals surface area contributed by atoms with Crippen molar-refractivity contribution in [1.29, 1.82) is 0 Å². The highest BCUT2D eigenvalue weighted by Crippen LogP contribution is 2.14. The molecule has 0 unspecified atom stereocenters. The average Bonchev–Trinajstić information content (AvgIpc) is 3.11. The summed E-state index contributed by atoms with van der Waals surface area (Å²) in [7, 11) is 3.73. The summed E-state index contributed by atoms with van der Waals surface area (Å²) in [4.78, 5) is 14.5. The fourth-order valence-electron chi connectivity index (χ4n) is 2.53. The van der Waals surface area contributed by atoms with Crippen LogP contribution in [0.1, 0.15) is 35.1 Å². The first-order valence-electron chi connectivity index (χ1n) is 7.51. The summed E-state index contributed by atoms with van der Waals surface area (Å²) < 4.78 is 3.70. The van der Waals surface area contributed by atoms with Crippen molar-refractivity contribution in [3.05, 3.63) is 47.5 Å². The molecule has 0 aliphatic carbocycles. The lowest BCUT2D eigenvalue weighted by molar-refractivity contribution is 0.0730. The number of nitrogens with zero attached hydrogens (tertiary/aromatic N) is 4. The van der Waals surface area contributed by atoms with Gasteiger partial charge < -0.3 is 25.0 Å². The van der Waals surface area contributed by atoms with Gasteiger partial charge in [0, 0.05) is 44.3 Å². The van der Waals surface area contributed by atoms with Gasteiger partial charge in [0.15, 0.2) is 5.84 Å². The Kier molecular flexibility index (Phi) is 5.10. The number of amidine groups is 1. The molecular formula is C16H23N5O2. The van der Waals surface area contributed by atoms with Crippen molar-refractivity contribution in [2.45, 2.75) is 19.9 Å². The number of aromatic nitrogens is 2. The highest BCUT2D eigenvalue weighted by atomic mass is 16.4. The maximum atomic E-state index is 12.7. The van der Waals surface area contributed by atoms with E-state index in [9.17, 15) is 4.79 Å². The first-order chi connectivity index (χ1) is 11.0. The second-order valence-electron chi connectivity index (χ2n) is 5.55. The molecule has 0 aliphatic rings. The quantitative estimate of drug-likeness (QED) is 0.366. The van der Waals surface area contributed by atoms with Crippen LogP contribution in [0.25, 0.3) is 0 Å². The molecule has 0 aromatic carbocycles. The van der Waals surface area contributed by atoms with E-state index in [1.165, 1.54) is 0 Å². The first-order valence-corrected chi connectivity index (χ1v) is 7.51. The van der Waals surface area contributed by atoms with Crippen LogP contribution in [0.2, 0.25) is 0 Å². The minimum Gasteiger partial charge on any atom is -0.409 e. The lowest BCUT2D eigenvalue weighted by atomic mass is 10.2. The van der Waals surface area contributed by atoms with Gasteiger partial charge in [0.2, 0.25) is 0 Å². The van der Waals surface area contributed by atoms with Gasteiger partial charge in [-0.3, -0.25) is 4.79 Å². The Morgan fingerprint density at radius 1 is 1.39 bits per heavy atom. The maximum absolute atomic E-state index is 12.7. The van der Waals surface area contributed by atoms with E-state index >= 15 is 0 Å². The Hall–Kier alpha value is -2.70. The molecule has 2 aromatic rings. The predicted molar refractivity (Wildman–Crippen MR) is 88.4 cm³/mol. The van der Waals surface area contributed by atoms with Crippen molar-refractivity contribution in [3.8, 4) is 0 Å². The van der Waals surface area contributed by atoms with Gasteiger partial charge in [-0.05, 0) is 24.6 Å². The zero-order valence-corrected chi connectivity index (χ0v) is 13.7. The number of carbonyl (C=O) groups excluding carboxylic acids is 1. The minimum absolute atomic E-state index is 0.00843. The zero-order chi connectivity index (χ0) is 17.0. The fraction of sp³-hybridized carbons (Fsp3) is 0.375. The van der Waals surface area contributed by atoms with Crippen LogP contribution in [-0.2, 0) is 20.6 Å². The van der Waals surface area contributed by atoms with Crippen LogP contribution in [0.15, 0.2) is 35.7 Å². The van der Waals surface area contributed by atoms with Crippen LogP contribution in [-0.4, -0.2) is 37.5 Å². The smallest absolute Gasteiger partial charge is 0.270 e. The maximum Gasteiger partial charge on any atom is 0.270 e. The average molecular weight is 317 g/mol. The molecule has 0 saturated carbocycles. The molecular weight excluding hydrogens is 294 g/mol. The molecule has 0 radical (unpaired) electrons. The summed E-state index contributed by atoms with van der Waals surface area (Å²) in [5, 5.41) is 11.8. The molecule has 0 fully saturated rings. The van der Waals surface area contributed by atoms with Crippen LogP contribution < -0.4 is 5.73 Å². The zero-order valence-electron chi connectivity index (χ0n) is 13.7. The molecule has 0 spiro atoms. The molecule has 0 saturated heterocycles. The SMILES string of the molecule is CCCN(Cc1cc(C(N)=NO)cn1C)C(=O)c1cccn1C. The molecule has 1 amide bonds. The van der Waals surface area contributed by atoms with Gasteiger partial charge >= 0.3 is 0 Å². The molecule has 124 valence electrons. The summed E-state index contributed by atoms with van der Waals surface area (Å²) in [6, 6.07) is 5.50. The van der Waals surface area contributed by atoms with Gasteiger partial charge in [0.05, 0.1) is 6.54 Å². The number of hydrogen-bond acceptors (Lipinski definition) is 3. The van der Waals surface area contributed by atoms with Crippen molar-refractivity contribution in [1.82, 2.24) is 14.0 Å². The topological polar surface area (TPSA) is 88.8 Å². The van der Waals surface area contributed by atoms with Gasteiger partial charge in [-0.15, -0.1) is 0 Å². The summed E-state index contributed by atoms with van der Waals surface area (Å²) in [5.74, 6) is 0.0496. The lowest BCUT2D eigenvalue weighted by Crippen LogP contribution is -2.33. The lowest BCUT2D eigenvalue weighted by Gasteiger charge is -2.22. The van der Waals surface area contributed by atoms with E-state index in [4.69, 9.17) is 10.9 Å². The summed E-state index contributed by atoms with van der Waals surface area (Å²) in [6.07, 6.45) is 4.51. The molecule has 0 aliphatic heterocycles. The van der Waals surface area contributed by atoms with Gasteiger partial charge in [-0.2, -0.15) is 0 Å². The third kappa shape index (κ3) is 3.56. The Balaban J connectivity index is 2.25. The van der Waals surface area contributed by atoms with E-state index in [0.29, 0.717) is 24.3 Å². The number of oxime groups is 1. The minimum atomic E-state index is -0.00843. The number of aryl methyl sites for hydroxylation is 2. The number of nitrogens with two attached hydrogens (primary N) is 1. The van der Waals surface area contributed by atoms with Crippen LogP contribution >= 0.6 is 0 Å². The van der Waals surface area contributed by atoms with Crippen molar-refractivity contribution in [3.63, 3.8) is 0 Å². The summed E-state index contributed by atoms with van der Waals surface area (Å²) in [6.45, 7) is 3.17. The Bertz CT molecular complexity index is 714. The van der Waals surface area contributed by atoms with E-state index in [1.54, 1.807) is 11.1 Å². The highest BCUT2D eigenvalue weighted by Gasteiger charge is 2.19. The van der Waals surface area contributed by atoms with Crippen LogP contribution in [0.3, 0.4) is 0 Å². The monoisotopic (exact) mass is 317 g/mol. The van der Waals surface area contributed by atoms with Crippen molar-refractivity contribution in [2.24, 2.45) is 25.0 Å². The molecule has 7 nitrogen and oxygen atoms in total. The number of amides is 1. The van der Waals surface area contributed by atoms with Crippen molar-refractivity contribution in [2.75, 3.05) is 6.54 Å². The van der Waals surface area contributed by atoms with Gasteiger partial charge in [-0.25, -0.2) is 0 Å². The highest BCUT2D eigenvalue weighted by molar-refractivity contribution is 5.97. The van der Waals surface area contributed by atoms with Gasteiger partial charge in [0.1, 0.15) is 5.69 Å². The third-order valence-electron chi connectivity index (χ3n) is 3.81. The van der Waals surface area contributed by atoms with Gasteiger partial charge in [-0.1, -0.05) is 12.1 Å². The summed E-state index contributed by atoms with van der Waals surface area (Å²) >= 11 is 0. The molecule has 3 N–H and O–H groups in total. The Morgan fingerprint density at radius 3 is 2.70 bits per heavy atom. The fourth-order valence-corrected chi connectivity index (χ4v) is 2.53. The van der Waals surface area contributed by atoms with E-state index in [-0.39, 0.29) is 11.7 Å². The number of rotatable bonds is 6. The van der Waals surface area contributed by atoms with Crippen LogP contribution in [0, 0.1) is 0 Å². The Labute approximate surface area is 135 Å². The second kappa shape index (κ2) is 7.04. The number of hydrogen-bond donors (Lipinski definition) is 2. The molecule has 2 heterocycles. The van der Waals surface area contributed by atoms with E-state index < -0.39 is 0 Å². The molecule has 0 bridgehead atoms. The van der Waals surface area contributed by atoms with Crippen molar-refractivity contribution < 1.29 is 10.0 Å². The van der Waals surface area contributed by atoms with Crippen molar-refractivity contribution >= 4 is 11.7 Å². The molecule has 0 atom stereocenters. The molecule has 2 rings (SSSR count). The predicted octanol–water partition coefficient (Wildman–Crippen LogP) is 1.51. The van der Waals surface area contributed by atoms with E-state index in [1.807, 2.05) is 54.5 Å². The van der Waals surface area contributed by atoms with E-state index in [2.05, 4.69) is 5.16 Å². The summed E-state index contributed by atoms with van der Waals surface area (Å²) in [5.41, 5.74) is 7.83. The molecule has 23 heavy (non-hydrogen) atoms. The third-order valence-corrected chi connectivity index (χ3v) is 3.81. The van der Waals surface area contributed by atoms with E-state index in [0.717, 1.165) is 12.1 Å². The largest absolute Gasteiger partial charge is 0.409 e. The van der Waals surface area contributed by atoms with Crippen LogP contribution in [0.4, 0.5) is 0 Å². The van der Waals surface area contributed by atoms with Crippen LogP contribution in [0.5, 0.6) is 0 Å². The number of carbonyl (C=O) groups is 1. The normalized spacial score (nSPS) is 11.7. The standard InChI is InChI=1S/C16H23N5O2/c1-4-7-21(16(22)14-6-5-8-19(14)2)11-13-9-12(10-20(13)3)15(17)18-23/h5-6,8-10,23H,4,7,11H2,1-3H3,(H2,17,18). The Morgan fingerprint density at radius 2 is 2.13 bits per heavy atom. The van der Waals surface area contributed by atoms with Gasteiger partial charge in [0.25, 0.3) is 5.91 Å². The molecule has 7 heteroatoms.